The van der Waals surface area contributed by atoms with Crippen molar-refractivity contribution in [3.8, 4) is 11.3 Å². The normalized spacial score (nSPS) is 15.2. The standard InChI is InChI=1S/C27H34N4O6S/c1-16-5-7-18(8-6-16)25-24(26(34)28-2)21-14-20(17-9-10-17)22(29-27(21)37-25)15-31(38(35)36)12-11-19(30(3)4)13-23(32)33/h5-8,14,17,19H,9-13,15H2,1-4H3,(H,28,34)(H,32,33)(H,35,36). The number of pyridine rings is 1. The molecule has 2 atom stereocenters. The molecule has 0 radical (unpaired) electrons. The third-order valence-corrected chi connectivity index (χ3v) is 7.73. The minimum Gasteiger partial charge on any atom is -0.481 e. The molecule has 38 heavy (non-hydrogen) atoms. The molecule has 1 aliphatic rings. The van der Waals surface area contributed by atoms with E-state index in [1.807, 2.05) is 42.2 Å². The van der Waals surface area contributed by atoms with Gasteiger partial charge in [-0.15, -0.1) is 0 Å². The molecule has 1 fully saturated rings. The van der Waals surface area contributed by atoms with Crippen molar-refractivity contribution in [1.29, 1.82) is 0 Å². The van der Waals surface area contributed by atoms with Crippen LogP contribution in [0, 0.1) is 6.92 Å². The Kier molecular flexibility index (Phi) is 8.61. The van der Waals surface area contributed by atoms with Crippen molar-refractivity contribution in [2.24, 2.45) is 0 Å². The van der Waals surface area contributed by atoms with E-state index in [9.17, 15) is 23.5 Å². The molecule has 11 heteroatoms. The van der Waals surface area contributed by atoms with Crippen molar-refractivity contribution in [2.45, 2.75) is 51.1 Å². The van der Waals surface area contributed by atoms with Crippen LogP contribution < -0.4 is 5.32 Å². The SMILES string of the molecule is CNC(=O)c1c(-c2ccc(C)cc2)oc2nc(CN(CCC(CC(=O)O)N(C)C)S(=O)O)c(C3CC3)cc12. The van der Waals surface area contributed by atoms with Gasteiger partial charge in [0.05, 0.1) is 29.6 Å². The highest BCUT2D eigenvalue weighted by Crippen LogP contribution is 2.44. The summed E-state index contributed by atoms with van der Waals surface area (Å²) in [5.41, 5.74) is 4.10. The maximum absolute atomic E-state index is 13.0. The summed E-state index contributed by atoms with van der Waals surface area (Å²) in [5, 5.41) is 12.5. The number of nitrogens with zero attached hydrogens (tertiary/aromatic N) is 3. The number of aromatic nitrogens is 1. The molecule has 3 aromatic rings. The van der Waals surface area contributed by atoms with Gasteiger partial charge in [-0.3, -0.25) is 14.1 Å². The lowest BCUT2D eigenvalue weighted by Gasteiger charge is -2.26. The van der Waals surface area contributed by atoms with Crippen LogP contribution >= 0.6 is 0 Å². The van der Waals surface area contributed by atoms with Crippen molar-refractivity contribution < 1.29 is 27.9 Å². The van der Waals surface area contributed by atoms with E-state index in [0.29, 0.717) is 34.5 Å². The number of fused-ring (bicyclic) bond motifs is 1. The first-order valence-electron chi connectivity index (χ1n) is 12.6. The van der Waals surface area contributed by atoms with Gasteiger partial charge >= 0.3 is 5.97 Å². The quantitative estimate of drug-likeness (QED) is 0.294. The minimum atomic E-state index is -2.29. The summed E-state index contributed by atoms with van der Waals surface area (Å²) in [6, 6.07) is 9.35. The van der Waals surface area contributed by atoms with E-state index in [2.05, 4.69) is 5.32 Å². The second kappa shape index (κ2) is 11.7. The topological polar surface area (TPSA) is 136 Å². The van der Waals surface area contributed by atoms with E-state index in [1.165, 1.54) is 4.31 Å². The molecule has 1 amide bonds. The lowest BCUT2D eigenvalue weighted by molar-refractivity contribution is -0.138. The molecule has 0 saturated heterocycles. The zero-order chi connectivity index (χ0) is 27.6. The second-order valence-electron chi connectivity index (χ2n) is 10.0. The Morgan fingerprint density at radius 3 is 2.47 bits per heavy atom. The van der Waals surface area contributed by atoms with Crippen LogP contribution in [-0.4, -0.2) is 73.7 Å². The number of benzene rings is 1. The average Bonchev–Trinajstić information content (AvgIpc) is 3.65. The fraction of sp³-hybridized carbons (Fsp3) is 0.444. The molecule has 1 saturated carbocycles. The average molecular weight is 543 g/mol. The predicted molar refractivity (Wildman–Crippen MR) is 145 cm³/mol. The van der Waals surface area contributed by atoms with Gasteiger partial charge in [-0.25, -0.2) is 9.19 Å². The van der Waals surface area contributed by atoms with Gasteiger partial charge in [0.2, 0.25) is 17.0 Å². The highest BCUT2D eigenvalue weighted by molar-refractivity contribution is 7.76. The summed E-state index contributed by atoms with van der Waals surface area (Å²) in [7, 11) is 5.16. The van der Waals surface area contributed by atoms with Crippen LogP contribution in [0.4, 0.5) is 0 Å². The molecule has 0 spiro atoms. The summed E-state index contributed by atoms with van der Waals surface area (Å²) in [5.74, 6) is -0.511. The fourth-order valence-corrected chi connectivity index (χ4v) is 5.12. The van der Waals surface area contributed by atoms with Gasteiger partial charge < -0.3 is 19.7 Å². The Morgan fingerprint density at radius 2 is 1.92 bits per heavy atom. The highest BCUT2D eigenvalue weighted by Gasteiger charge is 2.31. The van der Waals surface area contributed by atoms with Crippen LogP contribution in [0.15, 0.2) is 34.7 Å². The molecule has 2 aromatic heterocycles. The van der Waals surface area contributed by atoms with Crippen LogP contribution in [0.3, 0.4) is 0 Å². The van der Waals surface area contributed by atoms with Gasteiger partial charge in [0.15, 0.2) is 0 Å². The summed E-state index contributed by atoms with van der Waals surface area (Å²) >= 11 is -2.29. The zero-order valence-corrected chi connectivity index (χ0v) is 22.9. The Bertz CT molecular complexity index is 1350. The van der Waals surface area contributed by atoms with Gasteiger partial charge in [0, 0.05) is 25.2 Å². The predicted octanol–water partition coefficient (Wildman–Crippen LogP) is 3.77. The number of hydrogen-bond acceptors (Lipinski definition) is 6. The van der Waals surface area contributed by atoms with Crippen LogP contribution in [0.1, 0.15) is 58.8 Å². The first-order chi connectivity index (χ1) is 18.1. The van der Waals surface area contributed by atoms with Gasteiger partial charge in [-0.2, -0.15) is 4.31 Å². The van der Waals surface area contributed by atoms with Crippen molar-refractivity contribution in [1.82, 2.24) is 19.5 Å². The van der Waals surface area contributed by atoms with Gasteiger partial charge in [0.1, 0.15) is 5.76 Å². The Balaban J connectivity index is 1.72. The molecule has 1 aromatic carbocycles. The number of furan rings is 1. The van der Waals surface area contributed by atoms with Crippen LogP contribution in [0.5, 0.6) is 0 Å². The fourth-order valence-electron chi connectivity index (χ4n) is 4.62. The zero-order valence-electron chi connectivity index (χ0n) is 22.1. The summed E-state index contributed by atoms with van der Waals surface area (Å²) in [6.07, 6.45) is 2.28. The summed E-state index contributed by atoms with van der Waals surface area (Å²) in [6.45, 7) is 2.28. The van der Waals surface area contributed by atoms with E-state index < -0.39 is 17.2 Å². The number of aryl methyl sites for hydroxylation is 1. The molecule has 1 aliphatic carbocycles. The van der Waals surface area contributed by atoms with Crippen LogP contribution in [0.2, 0.25) is 0 Å². The number of carbonyl (C=O) groups excluding carboxylic acids is 1. The molecule has 4 rings (SSSR count). The number of carboxylic acid groups (broad SMARTS) is 1. The Morgan fingerprint density at radius 1 is 1.24 bits per heavy atom. The highest BCUT2D eigenvalue weighted by atomic mass is 32.2. The number of carboxylic acids is 1. The smallest absolute Gasteiger partial charge is 0.304 e. The largest absolute Gasteiger partial charge is 0.481 e. The van der Waals surface area contributed by atoms with E-state index in [-0.39, 0.29) is 37.4 Å². The third kappa shape index (κ3) is 6.29. The van der Waals surface area contributed by atoms with Crippen molar-refractivity contribution in [3.05, 3.63) is 52.7 Å². The van der Waals surface area contributed by atoms with Gasteiger partial charge in [-0.1, -0.05) is 29.8 Å². The minimum absolute atomic E-state index is 0.0626. The number of amides is 1. The monoisotopic (exact) mass is 542 g/mol. The number of hydrogen-bond donors (Lipinski definition) is 3. The van der Waals surface area contributed by atoms with Crippen molar-refractivity contribution in [2.75, 3.05) is 27.7 Å². The molecule has 2 heterocycles. The molecule has 204 valence electrons. The molecular formula is C27H34N4O6S. The number of aliphatic carboxylic acids is 1. The molecule has 10 nitrogen and oxygen atoms in total. The van der Waals surface area contributed by atoms with E-state index >= 15 is 0 Å². The van der Waals surface area contributed by atoms with E-state index in [4.69, 9.17) is 9.40 Å². The number of nitrogens with one attached hydrogen (secondary N) is 1. The Hall–Kier alpha value is -3.12. The first kappa shape index (κ1) is 27.9. The first-order valence-corrected chi connectivity index (χ1v) is 13.6. The van der Waals surface area contributed by atoms with Crippen LogP contribution in [-0.2, 0) is 22.6 Å². The van der Waals surface area contributed by atoms with E-state index in [1.54, 1.807) is 21.1 Å². The second-order valence-corrected chi connectivity index (χ2v) is 11.0. The lowest BCUT2D eigenvalue weighted by Crippen LogP contribution is -2.36. The maximum Gasteiger partial charge on any atom is 0.304 e. The summed E-state index contributed by atoms with van der Waals surface area (Å²) < 4.78 is 29.9. The Labute approximate surface area is 224 Å². The molecule has 0 aliphatic heterocycles. The van der Waals surface area contributed by atoms with Crippen molar-refractivity contribution >= 4 is 34.2 Å². The van der Waals surface area contributed by atoms with E-state index in [0.717, 1.165) is 29.5 Å². The van der Waals surface area contributed by atoms with Crippen molar-refractivity contribution in [3.63, 3.8) is 0 Å². The van der Waals surface area contributed by atoms with Gasteiger partial charge in [0.25, 0.3) is 5.91 Å². The number of rotatable bonds is 12. The van der Waals surface area contributed by atoms with Gasteiger partial charge in [-0.05, 0) is 57.8 Å². The molecule has 0 bridgehead atoms. The molecule has 3 N–H and O–H groups in total. The maximum atomic E-state index is 13.0. The molecular weight excluding hydrogens is 508 g/mol. The van der Waals surface area contributed by atoms with Crippen LogP contribution in [0.25, 0.3) is 22.4 Å². The lowest BCUT2D eigenvalue weighted by atomic mass is 10.0. The molecule has 2 unspecified atom stereocenters. The number of carbonyl (C=O) groups is 2. The summed E-state index contributed by atoms with van der Waals surface area (Å²) in [4.78, 5) is 30.8. The third-order valence-electron chi connectivity index (χ3n) is 6.98.